The van der Waals surface area contributed by atoms with E-state index in [0.717, 1.165) is 17.7 Å². The van der Waals surface area contributed by atoms with Crippen molar-refractivity contribution in [2.75, 3.05) is 13.1 Å². The largest absolute Gasteiger partial charge is 0.351 e. The summed E-state index contributed by atoms with van der Waals surface area (Å²) in [5, 5.41) is 2.73. The maximum atomic E-state index is 12.5. The van der Waals surface area contributed by atoms with Gasteiger partial charge >= 0.3 is 0 Å². The van der Waals surface area contributed by atoms with Crippen molar-refractivity contribution >= 4 is 56.0 Å². The van der Waals surface area contributed by atoms with Crippen LogP contribution in [0.3, 0.4) is 0 Å². The van der Waals surface area contributed by atoms with Crippen molar-refractivity contribution in [2.24, 2.45) is 0 Å². The third kappa shape index (κ3) is 5.17. The van der Waals surface area contributed by atoms with E-state index in [1.54, 1.807) is 24.3 Å². The number of nitrogens with one attached hydrogen (secondary N) is 1. The predicted octanol–water partition coefficient (Wildman–Crippen LogP) is 3.53. The molecular weight excluding hydrogens is 428 g/mol. The standard InChI is InChI=1S/C17H19ClN2O4S3/c18-15-6-5-14(26-15)13(21)4-7-16(22)19-11-12-3-8-17(25-12)27(23,24)20-9-1-2-10-20/h3,5-6,8H,1-2,4,7,9-11H2,(H,19,22). The summed E-state index contributed by atoms with van der Waals surface area (Å²) in [6.07, 6.45) is 1.98. The maximum Gasteiger partial charge on any atom is 0.252 e. The zero-order valence-electron chi connectivity index (χ0n) is 14.4. The molecular formula is C17H19ClN2O4S3. The van der Waals surface area contributed by atoms with E-state index in [2.05, 4.69) is 5.32 Å². The van der Waals surface area contributed by atoms with Crippen LogP contribution in [0.4, 0.5) is 0 Å². The fourth-order valence-corrected chi connectivity index (χ4v) is 6.71. The van der Waals surface area contributed by atoms with Crippen LogP contribution >= 0.6 is 34.3 Å². The first-order valence-corrected chi connectivity index (χ1v) is 12.0. The Hall–Kier alpha value is -1.26. The summed E-state index contributed by atoms with van der Waals surface area (Å²) in [7, 11) is -3.42. The zero-order valence-corrected chi connectivity index (χ0v) is 17.6. The number of nitrogens with zero attached hydrogens (tertiary/aromatic N) is 1. The number of halogens is 1. The van der Waals surface area contributed by atoms with Crippen LogP contribution in [-0.4, -0.2) is 37.5 Å². The van der Waals surface area contributed by atoms with Gasteiger partial charge < -0.3 is 5.32 Å². The Morgan fingerprint density at radius 3 is 2.48 bits per heavy atom. The first kappa shape index (κ1) is 20.5. The maximum absolute atomic E-state index is 12.5. The molecule has 0 unspecified atom stereocenters. The van der Waals surface area contributed by atoms with Gasteiger partial charge in [-0.3, -0.25) is 9.59 Å². The number of sulfonamides is 1. The number of thiophene rings is 2. The summed E-state index contributed by atoms with van der Waals surface area (Å²) in [4.78, 5) is 25.2. The van der Waals surface area contributed by atoms with Gasteiger partial charge in [0.2, 0.25) is 5.91 Å². The summed E-state index contributed by atoms with van der Waals surface area (Å²) in [5.41, 5.74) is 0. The second-order valence-electron chi connectivity index (χ2n) is 6.14. The van der Waals surface area contributed by atoms with E-state index < -0.39 is 10.0 Å². The van der Waals surface area contributed by atoms with Gasteiger partial charge in [0.1, 0.15) is 4.21 Å². The molecule has 0 atom stereocenters. The van der Waals surface area contributed by atoms with Crippen LogP contribution in [0.15, 0.2) is 28.5 Å². The lowest BCUT2D eigenvalue weighted by Gasteiger charge is -2.13. The Morgan fingerprint density at radius 1 is 1.07 bits per heavy atom. The lowest BCUT2D eigenvalue weighted by molar-refractivity contribution is -0.121. The number of ketones is 1. The third-order valence-electron chi connectivity index (χ3n) is 4.18. The van der Waals surface area contributed by atoms with Gasteiger partial charge in [0.15, 0.2) is 5.78 Å². The first-order valence-electron chi connectivity index (χ1n) is 8.50. The van der Waals surface area contributed by atoms with Crippen LogP contribution in [0.1, 0.15) is 40.2 Å². The summed E-state index contributed by atoms with van der Waals surface area (Å²) >= 11 is 8.17. The SMILES string of the molecule is O=C(CCC(=O)c1ccc(Cl)s1)NCc1ccc(S(=O)(=O)N2CCCC2)s1. The average Bonchev–Trinajstić information content (AvgIpc) is 3.38. The fraction of sp³-hybridized carbons (Fsp3) is 0.412. The van der Waals surface area contributed by atoms with E-state index in [9.17, 15) is 18.0 Å². The molecule has 0 aromatic carbocycles. The van der Waals surface area contributed by atoms with Crippen molar-refractivity contribution < 1.29 is 18.0 Å². The van der Waals surface area contributed by atoms with Crippen LogP contribution < -0.4 is 5.32 Å². The van der Waals surface area contributed by atoms with Gasteiger partial charge in [0, 0.05) is 30.8 Å². The van der Waals surface area contributed by atoms with Crippen LogP contribution in [0.5, 0.6) is 0 Å². The lowest BCUT2D eigenvalue weighted by atomic mass is 10.2. The molecule has 1 aliphatic heterocycles. The number of Topliss-reactive ketones (excluding diaryl/α,β-unsaturated/α-hetero) is 1. The Labute approximate surface area is 171 Å². The van der Waals surface area contributed by atoms with E-state index in [0.29, 0.717) is 26.5 Å². The number of rotatable bonds is 8. The molecule has 2 aromatic heterocycles. The van der Waals surface area contributed by atoms with Crippen molar-refractivity contribution in [3.8, 4) is 0 Å². The molecule has 0 bridgehead atoms. The second kappa shape index (κ2) is 8.83. The molecule has 1 amide bonds. The van der Waals surface area contributed by atoms with Gasteiger partial charge in [-0.05, 0) is 37.1 Å². The molecule has 0 radical (unpaired) electrons. The average molecular weight is 447 g/mol. The Balaban J connectivity index is 1.48. The highest BCUT2D eigenvalue weighted by molar-refractivity contribution is 7.91. The zero-order chi connectivity index (χ0) is 19.4. The molecule has 0 spiro atoms. The molecule has 1 fully saturated rings. The predicted molar refractivity (Wildman–Crippen MR) is 107 cm³/mol. The van der Waals surface area contributed by atoms with E-state index in [4.69, 9.17) is 11.6 Å². The number of hydrogen-bond donors (Lipinski definition) is 1. The summed E-state index contributed by atoms with van der Waals surface area (Å²) in [5.74, 6) is -0.361. The summed E-state index contributed by atoms with van der Waals surface area (Å²) < 4.78 is 27.4. The molecule has 0 aliphatic carbocycles. The molecule has 0 saturated carbocycles. The van der Waals surface area contributed by atoms with Crippen molar-refractivity contribution in [1.29, 1.82) is 0 Å². The Morgan fingerprint density at radius 2 is 1.81 bits per heavy atom. The molecule has 1 N–H and O–H groups in total. The molecule has 2 aromatic rings. The minimum Gasteiger partial charge on any atom is -0.351 e. The van der Waals surface area contributed by atoms with Gasteiger partial charge in [-0.25, -0.2) is 8.42 Å². The molecule has 146 valence electrons. The van der Waals surface area contributed by atoms with Crippen molar-refractivity contribution in [1.82, 2.24) is 9.62 Å². The third-order valence-corrected chi connectivity index (χ3v) is 8.91. The molecule has 27 heavy (non-hydrogen) atoms. The summed E-state index contributed by atoms with van der Waals surface area (Å²) in [6.45, 7) is 1.38. The molecule has 3 rings (SSSR count). The highest BCUT2D eigenvalue weighted by Gasteiger charge is 2.28. The van der Waals surface area contributed by atoms with Crippen molar-refractivity contribution in [3.63, 3.8) is 0 Å². The highest BCUT2D eigenvalue weighted by Crippen LogP contribution is 2.27. The van der Waals surface area contributed by atoms with Gasteiger partial charge in [-0.2, -0.15) is 4.31 Å². The van der Waals surface area contributed by atoms with E-state index in [-0.39, 0.29) is 31.1 Å². The van der Waals surface area contributed by atoms with E-state index >= 15 is 0 Å². The highest BCUT2D eigenvalue weighted by atomic mass is 35.5. The summed E-state index contributed by atoms with van der Waals surface area (Å²) in [6, 6.07) is 6.61. The number of carbonyl (C=O) groups is 2. The quantitative estimate of drug-likeness (QED) is 0.629. The van der Waals surface area contributed by atoms with E-state index in [1.807, 2.05) is 0 Å². The van der Waals surface area contributed by atoms with Crippen LogP contribution in [-0.2, 0) is 21.4 Å². The van der Waals surface area contributed by atoms with Gasteiger partial charge in [-0.1, -0.05) is 11.6 Å². The van der Waals surface area contributed by atoms with Crippen LogP contribution in [0, 0.1) is 0 Å². The molecule has 6 nitrogen and oxygen atoms in total. The monoisotopic (exact) mass is 446 g/mol. The Bertz CT molecular complexity index is 930. The number of hydrogen-bond acceptors (Lipinski definition) is 6. The second-order valence-corrected chi connectivity index (χ2v) is 11.2. The van der Waals surface area contributed by atoms with E-state index in [1.165, 1.54) is 27.0 Å². The molecule has 3 heterocycles. The molecule has 1 saturated heterocycles. The molecule has 1 aliphatic rings. The van der Waals surface area contributed by atoms with Gasteiger partial charge in [0.25, 0.3) is 10.0 Å². The van der Waals surface area contributed by atoms with Crippen molar-refractivity contribution in [3.05, 3.63) is 38.4 Å². The first-order chi connectivity index (χ1) is 12.9. The van der Waals surface area contributed by atoms with Gasteiger partial charge in [-0.15, -0.1) is 22.7 Å². The smallest absolute Gasteiger partial charge is 0.252 e. The minimum absolute atomic E-state index is 0.0820. The fourth-order valence-electron chi connectivity index (χ4n) is 2.74. The Kier molecular flexibility index (Phi) is 6.69. The van der Waals surface area contributed by atoms with Gasteiger partial charge in [0.05, 0.1) is 15.8 Å². The normalized spacial score (nSPS) is 15.1. The minimum atomic E-state index is -3.42. The van der Waals surface area contributed by atoms with Crippen molar-refractivity contribution in [2.45, 2.75) is 36.4 Å². The topological polar surface area (TPSA) is 83.5 Å². The number of carbonyl (C=O) groups excluding carboxylic acids is 2. The lowest BCUT2D eigenvalue weighted by Crippen LogP contribution is -2.27. The van der Waals surface area contributed by atoms with Crippen LogP contribution in [0.25, 0.3) is 0 Å². The van der Waals surface area contributed by atoms with Crippen LogP contribution in [0.2, 0.25) is 4.34 Å². The molecule has 10 heteroatoms. The number of amides is 1.